The van der Waals surface area contributed by atoms with Gasteiger partial charge in [-0.25, -0.2) is 4.79 Å². The largest absolute Gasteiger partial charge is 0.444 e. The Labute approximate surface area is 95.1 Å². The monoisotopic (exact) mass is 226 g/mol. The molecule has 1 aliphatic carbocycles. The van der Waals surface area contributed by atoms with Gasteiger partial charge in [-0.15, -0.1) is 0 Å². The maximum absolute atomic E-state index is 11.8. The van der Waals surface area contributed by atoms with Gasteiger partial charge in [-0.05, 0) is 27.2 Å². The molecule has 0 spiro atoms. The van der Waals surface area contributed by atoms with E-state index < -0.39 is 5.60 Å². The van der Waals surface area contributed by atoms with Gasteiger partial charge in [-0.3, -0.25) is 0 Å². The molecular formula is C11H18N2O3. The van der Waals surface area contributed by atoms with Crippen molar-refractivity contribution in [1.82, 2.24) is 4.90 Å². The molecule has 2 atom stereocenters. The molecule has 90 valence electrons. The van der Waals surface area contributed by atoms with Gasteiger partial charge in [0.05, 0.1) is 5.71 Å². The predicted molar refractivity (Wildman–Crippen MR) is 58.7 cm³/mol. The van der Waals surface area contributed by atoms with Crippen LogP contribution in [0.25, 0.3) is 0 Å². The lowest BCUT2D eigenvalue weighted by atomic mass is 10.1. The first kappa shape index (κ1) is 11.2. The summed E-state index contributed by atoms with van der Waals surface area (Å²) in [7, 11) is 0. The topological polar surface area (TPSA) is 62.1 Å². The fraction of sp³-hybridized carbons (Fsp3) is 0.818. The van der Waals surface area contributed by atoms with Crippen molar-refractivity contribution in [2.45, 2.75) is 45.3 Å². The number of oxime groups is 1. The van der Waals surface area contributed by atoms with Crippen LogP contribution in [-0.2, 0) is 4.74 Å². The molecule has 0 aromatic heterocycles. The molecule has 1 saturated heterocycles. The van der Waals surface area contributed by atoms with E-state index >= 15 is 0 Å². The van der Waals surface area contributed by atoms with Crippen molar-refractivity contribution in [3.63, 3.8) is 0 Å². The SMILES string of the molecule is CC(C)(C)OC(=O)N1C[C@H]2C[C@@H]1CC2=NO. The molecular weight excluding hydrogens is 208 g/mol. The Morgan fingerprint density at radius 2 is 2.25 bits per heavy atom. The number of likely N-dealkylation sites (tertiary alicyclic amines) is 1. The second-order valence-electron chi connectivity index (χ2n) is 5.51. The number of hydrogen-bond acceptors (Lipinski definition) is 4. The first-order valence-electron chi connectivity index (χ1n) is 5.61. The van der Waals surface area contributed by atoms with Gasteiger partial charge in [-0.2, -0.15) is 0 Å². The summed E-state index contributed by atoms with van der Waals surface area (Å²) >= 11 is 0. The Hall–Kier alpha value is -1.26. The Balaban J connectivity index is 1.98. The van der Waals surface area contributed by atoms with Crippen molar-refractivity contribution in [3.05, 3.63) is 0 Å². The second kappa shape index (κ2) is 3.64. The van der Waals surface area contributed by atoms with Gasteiger partial charge in [0.15, 0.2) is 0 Å². The number of hydrogen-bond donors (Lipinski definition) is 1. The molecule has 1 aliphatic heterocycles. The van der Waals surface area contributed by atoms with Crippen LogP contribution in [0.3, 0.4) is 0 Å². The number of amides is 1. The third-order valence-corrected chi connectivity index (χ3v) is 3.09. The van der Waals surface area contributed by atoms with Crippen LogP contribution in [0, 0.1) is 5.92 Å². The number of carbonyl (C=O) groups is 1. The van der Waals surface area contributed by atoms with E-state index in [4.69, 9.17) is 9.94 Å². The van der Waals surface area contributed by atoms with Gasteiger partial charge in [0.25, 0.3) is 0 Å². The van der Waals surface area contributed by atoms with E-state index in [-0.39, 0.29) is 18.1 Å². The Kier molecular flexibility index (Phi) is 2.56. The lowest BCUT2D eigenvalue weighted by Gasteiger charge is -2.30. The van der Waals surface area contributed by atoms with Crippen molar-refractivity contribution in [2.24, 2.45) is 11.1 Å². The number of ether oxygens (including phenoxy) is 1. The molecule has 2 fully saturated rings. The molecule has 0 radical (unpaired) electrons. The van der Waals surface area contributed by atoms with Crippen molar-refractivity contribution in [1.29, 1.82) is 0 Å². The van der Waals surface area contributed by atoms with Crippen LogP contribution in [0.1, 0.15) is 33.6 Å². The van der Waals surface area contributed by atoms with Gasteiger partial charge in [0, 0.05) is 24.9 Å². The molecule has 1 heterocycles. The minimum absolute atomic E-state index is 0.158. The number of piperidine rings is 1. The zero-order chi connectivity index (χ0) is 11.9. The minimum Gasteiger partial charge on any atom is -0.444 e. The maximum atomic E-state index is 11.8. The third kappa shape index (κ3) is 1.99. The molecule has 2 bridgehead atoms. The van der Waals surface area contributed by atoms with E-state index in [2.05, 4.69) is 5.16 Å². The van der Waals surface area contributed by atoms with Gasteiger partial charge in [0.2, 0.25) is 0 Å². The highest BCUT2D eigenvalue weighted by Gasteiger charge is 2.46. The first-order valence-corrected chi connectivity index (χ1v) is 5.61. The first-order chi connectivity index (χ1) is 7.40. The summed E-state index contributed by atoms with van der Waals surface area (Å²) in [5.74, 6) is 0.225. The summed E-state index contributed by atoms with van der Waals surface area (Å²) in [6.07, 6.45) is 1.33. The molecule has 5 heteroatoms. The van der Waals surface area contributed by atoms with E-state index in [1.54, 1.807) is 4.90 Å². The highest BCUT2D eigenvalue weighted by molar-refractivity contribution is 5.91. The van der Waals surface area contributed by atoms with Crippen molar-refractivity contribution in [3.8, 4) is 0 Å². The summed E-state index contributed by atoms with van der Waals surface area (Å²) in [5, 5.41) is 12.0. The highest BCUT2D eigenvalue weighted by atomic mass is 16.6. The van der Waals surface area contributed by atoms with Crippen LogP contribution in [0.4, 0.5) is 4.79 Å². The summed E-state index contributed by atoms with van der Waals surface area (Å²) < 4.78 is 5.33. The number of fused-ring (bicyclic) bond motifs is 2. The normalized spacial score (nSPS) is 31.2. The summed E-state index contributed by atoms with van der Waals surface area (Å²) in [5.41, 5.74) is 0.372. The molecule has 1 amide bonds. The third-order valence-electron chi connectivity index (χ3n) is 3.09. The zero-order valence-corrected chi connectivity index (χ0v) is 9.93. The molecule has 16 heavy (non-hydrogen) atoms. The molecule has 1 saturated carbocycles. The highest BCUT2D eigenvalue weighted by Crippen LogP contribution is 2.36. The fourth-order valence-electron chi connectivity index (χ4n) is 2.43. The average molecular weight is 226 g/mol. The minimum atomic E-state index is -0.452. The molecule has 5 nitrogen and oxygen atoms in total. The molecule has 1 N–H and O–H groups in total. The van der Waals surface area contributed by atoms with Gasteiger partial charge < -0.3 is 14.8 Å². The average Bonchev–Trinajstić information content (AvgIpc) is 2.72. The Morgan fingerprint density at radius 3 is 2.69 bits per heavy atom. The van der Waals surface area contributed by atoms with Crippen LogP contribution in [0.15, 0.2) is 5.16 Å². The van der Waals surface area contributed by atoms with Crippen molar-refractivity contribution >= 4 is 11.8 Å². The van der Waals surface area contributed by atoms with Crippen LogP contribution in [-0.4, -0.2) is 40.1 Å². The molecule has 0 aromatic carbocycles. The maximum Gasteiger partial charge on any atom is 0.410 e. The van der Waals surface area contributed by atoms with Crippen LogP contribution in [0.2, 0.25) is 0 Å². The van der Waals surface area contributed by atoms with Gasteiger partial charge >= 0.3 is 6.09 Å². The Morgan fingerprint density at radius 1 is 1.56 bits per heavy atom. The fourth-order valence-corrected chi connectivity index (χ4v) is 2.43. The lowest BCUT2D eigenvalue weighted by Crippen LogP contribution is -2.43. The van der Waals surface area contributed by atoms with Gasteiger partial charge in [-0.1, -0.05) is 5.16 Å². The van der Waals surface area contributed by atoms with Crippen molar-refractivity contribution < 1.29 is 14.7 Å². The van der Waals surface area contributed by atoms with Crippen LogP contribution >= 0.6 is 0 Å². The van der Waals surface area contributed by atoms with E-state index in [0.717, 1.165) is 12.1 Å². The van der Waals surface area contributed by atoms with Crippen molar-refractivity contribution in [2.75, 3.05) is 6.54 Å². The van der Waals surface area contributed by atoms with E-state index in [9.17, 15) is 4.79 Å². The zero-order valence-electron chi connectivity index (χ0n) is 9.93. The summed E-state index contributed by atoms with van der Waals surface area (Å²) in [6, 6.07) is 0.158. The molecule has 0 aromatic rings. The van der Waals surface area contributed by atoms with E-state index in [0.29, 0.717) is 13.0 Å². The summed E-state index contributed by atoms with van der Waals surface area (Å²) in [4.78, 5) is 13.6. The number of carbonyl (C=O) groups excluding carboxylic acids is 1. The van der Waals surface area contributed by atoms with E-state index in [1.807, 2.05) is 20.8 Å². The summed E-state index contributed by atoms with van der Waals surface area (Å²) in [6.45, 7) is 6.21. The van der Waals surface area contributed by atoms with E-state index in [1.165, 1.54) is 0 Å². The predicted octanol–water partition coefficient (Wildman–Crippen LogP) is 1.85. The quantitative estimate of drug-likeness (QED) is 0.506. The lowest BCUT2D eigenvalue weighted by molar-refractivity contribution is 0.0219. The second-order valence-corrected chi connectivity index (χ2v) is 5.51. The Bertz CT molecular complexity index is 333. The van der Waals surface area contributed by atoms with Crippen LogP contribution in [0.5, 0.6) is 0 Å². The molecule has 2 rings (SSSR count). The smallest absolute Gasteiger partial charge is 0.410 e. The standard InChI is InChI=1S/C11H18N2O3/c1-11(2,3)16-10(14)13-6-7-4-8(13)5-9(7)12-15/h7-8,15H,4-6H2,1-3H3/t7-,8-/m1/s1. The molecule has 2 aliphatic rings. The number of nitrogens with zero attached hydrogens (tertiary/aromatic N) is 2. The van der Waals surface area contributed by atoms with Gasteiger partial charge in [0.1, 0.15) is 5.60 Å². The number of rotatable bonds is 0. The molecule has 0 unspecified atom stereocenters. The van der Waals surface area contributed by atoms with Crippen LogP contribution < -0.4 is 0 Å².